The van der Waals surface area contributed by atoms with E-state index in [1.165, 1.54) is 230 Å². The highest BCUT2D eigenvalue weighted by molar-refractivity contribution is 4.54. The molecule has 0 spiro atoms. The third-order valence-corrected chi connectivity index (χ3v) is 9.88. The van der Waals surface area contributed by atoms with Gasteiger partial charge in [-0.3, -0.25) is 0 Å². The smallest absolute Gasteiger partial charge is 0.0786 e. The molecule has 0 atom stereocenters. The summed E-state index contributed by atoms with van der Waals surface area (Å²) in [4.78, 5) is 0. The second-order valence-corrected chi connectivity index (χ2v) is 13.7. The molecule has 0 saturated carbocycles. The Morgan fingerprint density at radius 2 is 0.400 bits per heavy atom. The molecule has 0 aliphatic heterocycles. The first-order valence-corrected chi connectivity index (χ1v) is 19.6. The van der Waals surface area contributed by atoms with E-state index >= 15 is 0 Å². The lowest BCUT2D eigenvalue weighted by Gasteiger charge is -2.38. The molecule has 0 aromatic heterocycles. The Kier molecular flexibility index (Phi) is 33.4. The zero-order chi connectivity index (χ0) is 29.2. The number of hydrogen-bond donors (Lipinski definition) is 0. The first-order chi connectivity index (χ1) is 19.7. The summed E-state index contributed by atoms with van der Waals surface area (Å²) < 4.78 is 1.44. The second-order valence-electron chi connectivity index (χ2n) is 13.7. The molecule has 0 aromatic carbocycles. The van der Waals surface area contributed by atoms with E-state index in [1.807, 2.05) is 0 Å². The quantitative estimate of drug-likeness (QED) is 0.0530. The molecular formula is C39H82N+. The minimum atomic E-state index is 1.37. The molecule has 0 amide bonds. The molecule has 0 fully saturated rings. The van der Waals surface area contributed by atoms with Crippen molar-refractivity contribution in [1.82, 2.24) is 0 Å². The van der Waals surface area contributed by atoms with Crippen LogP contribution in [0.2, 0.25) is 0 Å². The van der Waals surface area contributed by atoms with Gasteiger partial charge in [0.1, 0.15) is 0 Å². The first kappa shape index (κ1) is 40.0. The third kappa shape index (κ3) is 28.1. The van der Waals surface area contributed by atoms with Gasteiger partial charge >= 0.3 is 0 Å². The van der Waals surface area contributed by atoms with Crippen molar-refractivity contribution in [3.05, 3.63) is 0 Å². The highest BCUT2D eigenvalue weighted by atomic mass is 15.3. The van der Waals surface area contributed by atoms with Gasteiger partial charge in [0.2, 0.25) is 0 Å². The van der Waals surface area contributed by atoms with Crippen LogP contribution in [0.15, 0.2) is 0 Å². The standard InChI is InChI=1S/C39H82N/c1-5-9-12-15-18-20-22-24-26-29-32-35-38-40(8-4,37-34-31-28-17-14-11-7-3)39-36-33-30-27-25-23-21-19-16-13-10-6-2/h5-39H2,1-4H3/q+1. The molecule has 0 radical (unpaired) electrons. The Morgan fingerprint density at radius 3 is 0.575 bits per heavy atom. The topological polar surface area (TPSA) is 0 Å². The summed E-state index contributed by atoms with van der Waals surface area (Å²) in [5.74, 6) is 0. The van der Waals surface area contributed by atoms with Crippen molar-refractivity contribution in [3.63, 3.8) is 0 Å². The fourth-order valence-electron chi connectivity index (χ4n) is 6.79. The Hall–Kier alpha value is -0.0400. The molecule has 0 rings (SSSR count). The van der Waals surface area contributed by atoms with Gasteiger partial charge in [0.25, 0.3) is 0 Å². The minimum absolute atomic E-state index is 1.37. The maximum Gasteiger partial charge on any atom is 0.0786 e. The molecule has 0 saturated heterocycles. The summed E-state index contributed by atoms with van der Waals surface area (Å²) in [6.45, 7) is 15.2. The Bertz CT molecular complexity index is 416. The predicted octanol–water partition coefficient (Wildman–Crippen LogP) is 14.0. The average Bonchev–Trinajstić information content (AvgIpc) is 2.97. The molecule has 0 aromatic rings. The zero-order valence-corrected chi connectivity index (χ0v) is 29.2. The van der Waals surface area contributed by atoms with Crippen LogP contribution in [0.5, 0.6) is 0 Å². The molecule has 0 aliphatic rings. The van der Waals surface area contributed by atoms with Crippen LogP contribution in [0.4, 0.5) is 0 Å². The molecule has 1 nitrogen and oxygen atoms in total. The third-order valence-electron chi connectivity index (χ3n) is 9.88. The average molecular weight is 565 g/mol. The number of quaternary nitrogens is 1. The second kappa shape index (κ2) is 33.5. The van der Waals surface area contributed by atoms with E-state index in [9.17, 15) is 0 Å². The van der Waals surface area contributed by atoms with Gasteiger partial charge in [0.05, 0.1) is 26.2 Å². The molecule has 1 heteroatoms. The van der Waals surface area contributed by atoms with E-state index < -0.39 is 0 Å². The molecule has 0 unspecified atom stereocenters. The van der Waals surface area contributed by atoms with Gasteiger partial charge in [-0.25, -0.2) is 0 Å². The molecular weight excluding hydrogens is 482 g/mol. The molecule has 0 bridgehead atoms. The molecule has 242 valence electrons. The minimum Gasteiger partial charge on any atom is -0.324 e. The van der Waals surface area contributed by atoms with Crippen LogP contribution >= 0.6 is 0 Å². The highest BCUT2D eigenvalue weighted by Crippen LogP contribution is 2.19. The summed E-state index contributed by atoms with van der Waals surface area (Å²) in [5.41, 5.74) is 0. The number of rotatable bonds is 35. The lowest BCUT2D eigenvalue weighted by Crippen LogP contribution is -2.50. The van der Waals surface area contributed by atoms with Crippen LogP contribution in [0.1, 0.15) is 227 Å². The van der Waals surface area contributed by atoms with Crippen LogP contribution < -0.4 is 0 Å². The summed E-state index contributed by atoms with van der Waals surface area (Å²) in [7, 11) is 0. The van der Waals surface area contributed by atoms with Crippen molar-refractivity contribution in [2.45, 2.75) is 227 Å². The van der Waals surface area contributed by atoms with Gasteiger partial charge in [0, 0.05) is 0 Å². The Labute approximate surface area is 257 Å². The van der Waals surface area contributed by atoms with E-state index in [2.05, 4.69) is 27.7 Å². The predicted molar refractivity (Wildman–Crippen MR) is 186 cm³/mol. The summed E-state index contributed by atoms with van der Waals surface area (Å²) in [6.07, 6.45) is 45.3. The first-order valence-electron chi connectivity index (χ1n) is 19.6. The van der Waals surface area contributed by atoms with Crippen LogP contribution in [-0.4, -0.2) is 30.7 Å². The summed E-state index contributed by atoms with van der Waals surface area (Å²) >= 11 is 0. The lowest BCUT2D eigenvalue weighted by atomic mass is 10.0. The van der Waals surface area contributed by atoms with Crippen LogP contribution in [0.3, 0.4) is 0 Å². The Morgan fingerprint density at radius 1 is 0.225 bits per heavy atom. The summed E-state index contributed by atoms with van der Waals surface area (Å²) in [5, 5.41) is 0. The van der Waals surface area contributed by atoms with E-state index in [0.717, 1.165) is 0 Å². The van der Waals surface area contributed by atoms with Crippen molar-refractivity contribution in [3.8, 4) is 0 Å². The summed E-state index contributed by atoms with van der Waals surface area (Å²) in [6, 6.07) is 0. The molecule has 0 aliphatic carbocycles. The van der Waals surface area contributed by atoms with Crippen molar-refractivity contribution < 1.29 is 4.48 Å². The van der Waals surface area contributed by atoms with Crippen molar-refractivity contribution in [1.29, 1.82) is 0 Å². The fraction of sp³-hybridized carbons (Fsp3) is 1.00. The van der Waals surface area contributed by atoms with Crippen LogP contribution in [0.25, 0.3) is 0 Å². The lowest BCUT2D eigenvalue weighted by molar-refractivity contribution is -0.927. The van der Waals surface area contributed by atoms with Gasteiger partial charge in [-0.05, 0) is 45.4 Å². The van der Waals surface area contributed by atoms with Crippen molar-refractivity contribution in [2.24, 2.45) is 0 Å². The van der Waals surface area contributed by atoms with E-state index in [4.69, 9.17) is 0 Å². The van der Waals surface area contributed by atoms with E-state index in [1.54, 1.807) is 0 Å². The maximum absolute atomic E-state index is 2.50. The van der Waals surface area contributed by atoms with Crippen LogP contribution in [-0.2, 0) is 0 Å². The van der Waals surface area contributed by atoms with Crippen LogP contribution in [0, 0.1) is 0 Å². The van der Waals surface area contributed by atoms with E-state index in [-0.39, 0.29) is 0 Å². The normalized spacial score (nSPS) is 12.0. The van der Waals surface area contributed by atoms with Gasteiger partial charge in [-0.1, -0.05) is 181 Å². The number of nitrogens with zero attached hydrogens (tertiary/aromatic N) is 1. The maximum atomic E-state index is 2.50. The number of hydrogen-bond acceptors (Lipinski definition) is 0. The van der Waals surface area contributed by atoms with Gasteiger partial charge in [-0.2, -0.15) is 0 Å². The molecule has 40 heavy (non-hydrogen) atoms. The van der Waals surface area contributed by atoms with Crippen molar-refractivity contribution in [2.75, 3.05) is 26.2 Å². The largest absolute Gasteiger partial charge is 0.324 e. The Balaban J connectivity index is 4.14. The fourth-order valence-corrected chi connectivity index (χ4v) is 6.79. The monoisotopic (exact) mass is 565 g/mol. The highest BCUT2D eigenvalue weighted by Gasteiger charge is 2.23. The molecule has 0 N–H and O–H groups in total. The SMILES string of the molecule is CCCCCCCCCCCCCC[N+](CC)(CCCCCCCCC)CCCCCCCCCCCCCC. The van der Waals surface area contributed by atoms with Gasteiger partial charge < -0.3 is 4.48 Å². The van der Waals surface area contributed by atoms with E-state index in [0.29, 0.717) is 0 Å². The number of unbranched alkanes of at least 4 members (excludes halogenated alkanes) is 28. The van der Waals surface area contributed by atoms with Gasteiger partial charge in [-0.15, -0.1) is 0 Å². The van der Waals surface area contributed by atoms with Crippen molar-refractivity contribution >= 4 is 0 Å². The molecule has 0 heterocycles. The zero-order valence-electron chi connectivity index (χ0n) is 29.2. The van der Waals surface area contributed by atoms with Gasteiger partial charge in [0.15, 0.2) is 0 Å².